The van der Waals surface area contributed by atoms with Gasteiger partial charge in [0.1, 0.15) is 0 Å². The van der Waals surface area contributed by atoms with Crippen LogP contribution in [0, 0.1) is 5.92 Å². The first-order valence-corrected chi connectivity index (χ1v) is 7.05. The van der Waals surface area contributed by atoms with Crippen molar-refractivity contribution in [2.24, 2.45) is 5.92 Å². The quantitative estimate of drug-likeness (QED) is 0.677. The molecule has 0 spiro atoms. The van der Waals surface area contributed by atoms with Gasteiger partial charge in [0, 0.05) is 24.4 Å². The summed E-state index contributed by atoms with van der Waals surface area (Å²) in [5.41, 5.74) is 0. The fraction of sp³-hybridized carbons (Fsp3) is 0.917. The number of hydrogen-bond acceptors (Lipinski definition) is 3. The van der Waals surface area contributed by atoms with Crippen molar-refractivity contribution in [3.05, 3.63) is 0 Å². The van der Waals surface area contributed by atoms with E-state index in [1.807, 2.05) is 0 Å². The third-order valence-electron chi connectivity index (χ3n) is 4.07. The van der Waals surface area contributed by atoms with Crippen molar-refractivity contribution >= 4 is 18.7 Å². The van der Waals surface area contributed by atoms with Crippen molar-refractivity contribution in [2.75, 3.05) is 19.6 Å². The summed E-state index contributed by atoms with van der Waals surface area (Å²) in [7, 11) is 0. The molecule has 2 aliphatic rings. The molecule has 1 aliphatic heterocycles. The fourth-order valence-corrected chi connectivity index (χ4v) is 3.37. The summed E-state index contributed by atoms with van der Waals surface area (Å²) < 4.78 is 0. The van der Waals surface area contributed by atoms with Crippen molar-refractivity contribution < 1.29 is 9.90 Å². The molecule has 1 saturated carbocycles. The van der Waals surface area contributed by atoms with E-state index in [-0.39, 0.29) is 0 Å². The fourth-order valence-electron chi connectivity index (χ4n) is 3.05. The Hall–Kier alpha value is -0.420. The smallest absolute Gasteiger partial charge is 0.404 e. The maximum Gasteiger partial charge on any atom is 0.404 e. The van der Waals surface area contributed by atoms with Crippen LogP contribution in [0.15, 0.2) is 0 Å². The predicted octanol–water partition coefficient (Wildman–Crippen LogP) is 1.82. The number of likely N-dealkylation sites (tertiary alicyclic amines) is 1. The van der Waals surface area contributed by atoms with E-state index in [0.717, 1.165) is 19.4 Å². The first-order valence-electron chi connectivity index (χ1n) is 6.54. The van der Waals surface area contributed by atoms with Gasteiger partial charge in [-0.1, -0.05) is 0 Å². The van der Waals surface area contributed by atoms with E-state index in [0.29, 0.717) is 23.8 Å². The number of nitrogens with one attached hydrogen (secondary N) is 1. The van der Waals surface area contributed by atoms with Crippen LogP contribution < -0.4 is 5.32 Å². The van der Waals surface area contributed by atoms with Crippen LogP contribution in [0.2, 0.25) is 0 Å². The molecule has 17 heavy (non-hydrogen) atoms. The van der Waals surface area contributed by atoms with E-state index in [1.165, 1.54) is 25.8 Å². The van der Waals surface area contributed by atoms with E-state index in [9.17, 15) is 4.79 Å². The second kappa shape index (κ2) is 5.96. The average molecular weight is 258 g/mol. The van der Waals surface area contributed by atoms with Gasteiger partial charge in [-0.2, -0.15) is 12.6 Å². The van der Waals surface area contributed by atoms with E-state index in [4.69, 9.17) is 5.11 Å². The normalized spacial score (nSPS) is 34.8. The Balaban J connectivity index is 1.69. The van der Waals surface area contributed by atoms with E-state index >= 15 is 0 Å². The lowest BCUT2D eigenvalue weighted by Crippen LogP contribution is -2.38. The molecule has 1 heterocycles. The Morgan fingerprint density at radius 2 is 2.00 bits per heavy atom. The molecular weight excluding hydrogens is 236 g/mol. The van der Waals surface area contributed by atoms with Gasteiger partial charge in [-0.3, -0.25) is 4.90 Å². The molecule has 0 aromatic carbocycles. The minimum atomic E-state index is -0.899. The second-order valence-electron chi connectivity index (χ2n) is 5.30. The molecule has 0 aromatic rings. The molecule has 0 bridgehead atoms. The molecule has 98 valence electrons. The van der Waals surface area contributed by atoms with Crippen LogP contribution in [-0.2, 0) is 0 Å². The number of rotatable bonds is 3. The van der Waals surface area contributed by atoms with Crippen LogP contribution in [0.1, 0.15) is 32.1 Å². The first-order chi connectivity index (χ1) is 8.15. The van der Waals surface area contributed by atoms with Crippen LogP contribution in [0.25, 0.3) is 0 Å². The molecule has 4 nitrogen and oxygen atoms in total. The number of thiol groups is 1. The summed E-state index contributed by atoms with van der Waals surface area (Å²) in [6, 6.07) is 0.716. The molecule has 1 aliphatic carbocycles. The van der Waals surface area contributed by atoms with Crippen LogP contribution >= 0.6 is 12.6 Å². The summed E-state index contributed by atoms with van der Waals surface area (Å²) in [6.45, 7) is 2.94. The summed E-state index contributed by atoms with van der Waals surface area (Å²) >= 11 is 4.53. The average Bonchev–Trinajstić information content (AvgIpc) is 2.74. The van der Waals surface area contributed by atoms with Gasteiger partial charge in [0.15, 0.2) is 0 Å². The summed E-state index contributed by atoms with van der Waals surface area (Å²) in [5.74, 6) is 0.539. The number of carbonyl (C=O) groups is 1. The molecular formula is C12H22N2O2S. The van der Waals surface area contributed by atoms with Gasteiger partial charge in [0.05, 0.1) is 0 Å². The van der Waals surface area contributed by atoms with Gasteiger partial charge in [-0.25, -0.2) is 4.79 Å². The highest BCUT2D eigenvalue weighted by Gasteiger charge is 2.29. The Bertz CT molecular complexity index is 267. The van der Waals surface area contributed by atoms with Gasteiger partial charge in [-0.05, 0) is 44.6 Å². The predicted molar refractivity (Wildman–Crippen MR) is 70.7 cm³/mol. The number of carboxylic acid groups (broad SMARTS) is 1. The Kier molecular flexibility index (Phi) is 4.56. The third-order valence-corrected chi connectivity index (χ3v) is 4.49. The molecule has 1 saturated heterocycles. The SMILES string of the molecule is O=C(O)NCC1CCC(N2CC[C@@H](S)C2)CC1. The lowest BCUT2D eigenvalue weighted by Gasteiger charge is -2.34. The van der Waals surface area contributed by atoms with Crippen molar-refractivity contribution in [1.29, 1.82) is 0 Å². The number of nitrogens with zero attached hydrogens (tertiary/aromatic N) is 1. The molecule has 0 aromatic heterocycles. The number of amides is 1. The maximum absolute atomic E-state index is 10.4. The summed E-state index contributed by atoms with van der Waals surface area (Å²) in [6.07, 6.45) is 5.05. The Labute approximate surface area is 108 Å². The lowest BCUT2D eigenvalue weighted by molar-refractivity contribution is 0.159. The van der Waals surface area contributed by atoms with Gasteiger partial charge in [0.25, 0.3) is 0 Å². The van der Waals surface area contributed by atoms with Gasteiger partial charge in [-0.15, -0.1) is 0 Å². The monoisotopic (exact) mass is 258 g/mol. The van der Waals surface area contributed by atoms with Crippen molar-refractivity contribution in [2.45, 2.75) is 43.4 Å². The van der Waals surface area contributed by atoms with E-state index in [1.54, 1.807) is 0 Å². The Morgan fingerprint density at radius 3 is 2.53 bits per heavy atom. The molecule has 5 heteroatoms. The topological polar surface area (TPSA) is 52.6 Å². The number of hydrogen-bond donors (Lipinski definition) is 3. The third kappa shape index (κ3) is 3.78. The minimum absolute atomic E-state index is 0.539. The first kappa shape index (κ1) is 13.0. The van der Waals surface area contributed by atoms with Crippen LogP contribution in [-0.4, -0.2) is 47.0 Å². The molecule has 0 radical (unpaired) electrons. The zero-order valence-electron chi connectivity index (χ0n) is 10.1. The summed E-state index contributed by atoms with van der Waals surface area (Å²) in [4.78, 5) is 13.0. The van der Waals surface area contributed by atoms with Crippen molar-refractivity contribution in [3.63, 3.8) is 0 Å². The van der Waals surface area contributed by atoms with Gasteiger partial charge >= 0.3 is 6.09 Å². The van der Waals surface area contributed by atoms with Crippen molar-refractivity contribution in [1.82, 2.24) is 10.2 Å². The zero-order valence-corrected chi connectivity index (χ0v) is 11.0. The van der Waals surface area contributed by atoms with Crippen LogP contribution in [0.4, 0.5) is 4.79 Å². The van der Waals surface area contributed by atoms with E-state index in [2.05, 4.69) is 22.8 Å². The van der Waals surface area contributed by atoms with E-state index < -0.39 is 6.09 Å². The highest BCUT2D eigenvalue weighted by atomic mass is 32.1. The zero-order chi connectivity index (χ0) is 12.3. The molecule has 1 amide bonds. The molecule has 2 fully saturated rings. The maximum atomic E-state index is 10.4. The highest BCUT2D eigenvalue weighted by molar-refractivity contribution is 7.81. The summed E-state index contributed by atoms with van der Waals surface area (Å²) in [5, 5.41) is 11.6. The molecule has 0 unspecified atom stereocenters. The molecule has 2 N–H and O–H groups in total. The van der Waals surface area contributed by atoms with Crippen LogP contribution in [0.5, 0.6) is 0 Å². The largest absolute Gasteiger partial charge is 0.465 e. The Morgan fingerprint density at radius 1 is 1.29 bits per heavy atom. The minimum Gasteiger partial charge on any atom is -0.465 e. The van der Waals surface area contributed by atoms with Crippen LogP contribution in [0.3, 0.4) is 0 Å². The van der Waals surface area contributed by atoms with Crippen molar-refractivity contribution in [3.8, 4) is 0 Å². The van der Waals surface area contributed by atoms with Gasteiger partial charge in [0.2, 0.25) is 0 Å². The van der Waals surface area contributed by atoms with Gasteiger partial charge < -0.3 is 10.4 Å². The second-order valence-corrected chi connectivity index (χ2v) is 6.03. The molecule has 1 atom stereocenters. The standard InChI is InChI=1S/C12H22N2O2S/c15-12(16)13-7-9-1-3-10(4-2-9)14-6-5-11(17)8-14/h9-11,13,17H,1-8H2,(H,15,16)/t9?,10?,11-/m1/s1. The molecule has 2 rings (SSSR count). The highest BCUT2D eigenvalue weighted by Crippen LogP contribution is 2.30. The lowest BCUT2D eigenvalue weighted by atomic mass is 9.85.